The maximum absolute atomic E-state index is 4.31. The van der Waals surface area contributed by atoms with E-state index in [1.807, 2.05) is 19.3 Å². The molecule has 0 aliphatic rings. The molecule has 88 valence electrons. The highest BCUT2D eigenvalue weighted by Crippen LogP contribution is 2.24. The Morgan fingerprint density at radius 2 is 1.94 bits per heavy atom. The molecule has 0 fully saturated rings. The predicted molar refractivity (Wildman–Crippen MR) is 67.9 cm³/mol. The summed E-state index contributed by atoms with van der Waals surface area (Å²) in [7, 11) is 1.94. The average Bonchev–Trinajstić information content (AvgIpc) is 2.39. The second-order valence-electron chi connectivity index (χ2n) is 3.57. The molecule has 5 heteroatoms. The molecule has 0 amide bonds. The van der Waals surface area contributed by atoms with E-state index in [-0.39, 0.29) is 0 Å². The molecule has 1 atom stereocenters. The van der Waals surface area contributed by atoms with Gasteiger partial charge in [-0.2, -0.15) is 0 Å². The lowest BCUT2D eigenvalue weighted by Crippen LogP contribution is -2.12. The van der Waals surface area contributed by atoms with Gasteiger partial charge in [0.05, 0.1) is 0 Å². The number of nitrogens with one attached hydrogen (secondary N) is 1. The van der Waals surface area contributed by atoms with Crippen LogP contribution in [0, 0.1) is 0 Å². The molecule has 0 aliphatic heterocycles. The quantitative estimate of drug-likeness (QED) is 0.839. The van der Waals surface area contributed by atoms with E-state index in [2.05, 4.69) is 33.3 Å². The Kier molecular flexibility index (Phi) is 4.06. The Morgan fingerprint density at radius 1 is 1.18 bits per heavy atom. The van der Waals surface area contributed by atoms with Gasteiger partial charge in [0.25, 0.3) is 0 Å². The summed E-state index contributed by atoms with van der Waals surface area (Å²) in [6.45, 7) is 2.11. The van der Waals surface area contributed by atoms with Crippen molar-refractivity contribution in [2.24, 2.45) is 0 Å². The monoisotopic (exact) mass is 246 g/mol. The Hall–Kier alpha value is -1.46. The van der Waals surface area contributed by atoms with Crippen LogP contribution in [0.4, 0.5) is 0 Å². The number of rotatable bonds is 4. The second kappa shape index (κ2) is 5.75. The Labute approximate surface area is 105 Å². The van der Waals surface area contributed by atoms with Crippen molar-refractivity contribution in [1.82, 2.24) is 20.3 Å². The maximum Gasteiger partial charge on any atom is 0.193 e. The zero-order valence-electron chi connectivity index (χ0n) is 9.79. The lowest BCUT2D eigenvalue weighted by molar-refractivity contribution is 0.649. The third-order valence-corrected chi connectivity index (χ3v) is 3.26. The first-order valence-electron chi connectivity index (χ1n) is 5.37. The minimum absolute atomic E-state index is 0.314. The molecule has 4 nitrogen and oxygen atoms in total. The standard InChI is InChI=1S/C12H14N4S/c1-9(13-2)10-4-7-14-11(8-10)17-12-15-5-3-6-16-12/h3-9,13H,1-2H3. The van der Waals surface area contributed by atoms with Crippen LogP contribution in [-0.4, -0.2) is 22.0 Å². The molecule has 2 aromatic heterocycles. The smallest absolute Gasteiger partial charge is 0.193 e. The van der Waals surface area contributed by atoms with E-state index in [1.165, 1.54) is 17.3 Å². The fourth-order valence-corrected chi connectivity index (χ4v) is 2.07. The topological polar surface area (TPSA) is 50.7 Å². The van der Waals surface area contributed by atoms with Crippen LogP contribution in [0.3, 0.4) is 0 Å². The van der Waals surface area contributed by atoms with Crippen LogP contribution in [0.5, 0.6) is 0 Å². The number of aromatic nitrogens is 3. The van der Waals surface area contributed by atoms with Gasteiger partial charge < -0.3 is 5.32 Å². The van der Waals surface area contributed by atoms with Crippen LogP contribution in [0.1, 0.15) is 18.5 Å². The molecule has 2 rings (SSSR count). The van der Waals surface area contributed by atoms with Crippen LogP contribution in [0.25, 0.3) is 0 Å². The van der Waals surface area contributed by atoms with Crippen LogP contribution in [-0.2, 0) is 0 Å². The van der Waals surface area contributed by atoms with Crippen molar-refractivity contribution in [1.29, 1.82) is 0 Å². The molecule has 0 bridgehead atoms. The molecule has 2 heterocycles. The summed E-state index contributed by atoms with van der Waals surface area (Å²) in [6.07, 6.45) is 5.28. The summed E-state index contributed by atoms with van der Waals surface area (Å²) >= 11 is 1.47. The predicted octanol–water partition coefficient (Wildman–Crippen LogP) is 2.30. The summed E-state index contributed by atoms with van der Waals surface area (Å²) in [5.41, 5.74) is 1.21. The largest absolute Gasteiger partial charge is 0.313 e. The summed E-state index contributed by atoms with van der Waals surface area (Å²) in [5, 5.41) is 4.83. The highest BCUT2D eigenvalue weighted by atomic mass is 32.2. The van der Waals surface area contributed by atoms with Gasteiger partial charge in [0.15, 0.2) is 5.16 Å². The summed E-state index contributed by atoms with van der Waals surface area (Å²) in [6, 6.07) is 6.19. The molecule has 1 unspecified atom stereocenters. The zero-order valence-corrected chi connectivity index (χ0v) is 10.6. The van der Waals surface area contributed by atoms with Crippen molar-refractivity contribution in [3.8, 4) is 0 Å². The van der Waals surface area contributed by atoms with E-state index in [0.29, 0.717) is 11.2 Å². The Bertz CT molecular complexity index is 475. The van der Waals surface area contributed by atoms with Crippen molar-refractivity contribution >= 4 is 11.8 Å². The second-order valence-corrected chi connectivity index (χ2v) is 4.56. The first kappa shape index (κ1) is 12.0. The molecule has 0 spiro atoms. The highest BCUT2D eigenvalue weighted by Gasteiger charge is 2.06. The van der Waals surface area contributed by atoms with E-state index in [4.69, 9.17) is 0 Å². The van der Waals surface area contributed by atoms with Crippen molar-refractivity contribution in [2.45, 2.75) is 23.1 Å². The van der Waals surface area contributed by atoms with Gasteiger partial charge in [-0.15, -0.1) is 0 Å². The van der Waals surface area contributed by atoms with Crippen LogP contribution < -0.4 is 5.32 Å². The van der Waals surface area contributed by atoms with Crippen LogP contribution in [0.2, 0.25) is 0 Å². The first-order valence-corrected chi connectivity index (χ1v) is 6.19. The summed E-state index contributed by atoms with van der Waals surface area (Å²) in [4.78, 5) is 12.6. The van der Waals surface area contributed by atoms with Gasteiger partial charge >= 0.3 is 0 Å². The van der Waals surface area contributed by atoms with E-state index < -0.39 is 0 Å². The fourth-order valence-electron chi connectivity index (χ4n) is 1.35. The fraction of sp³-hybridized carbons (Fsp3) is 0.250. The molecule has 1 N–H and O–H groups in total. The van der Waals surface area contributed by atoms with Gasteiger partial charge in [-0.1, -0.05) is 0 Å². The van der Waals surface area contributed by atoms with Gasteiger partial charge in [-0.25, -0.2) is 15.0 Å². The third-order valence-electron chi connectivity index (χ3n) is 2.43. The number of nitrogens with zero attached hydrogens (tertiary/aromatic N) is 3. The maximum atomic E-state index is 4.31. The van der Waals surface area contributed by atoms with Crippen molar-refractivity contribution in [3.63, 3.8) is 0 Å². The molecular weight excluding hydrogens is 232 g/mol. The normalized spacial score (nSPS) is 12.4. The van der Waals surface area contributed by atoms with Crippen molar-refractivity contribution in [2.75, 3.05) is 7.05 Å². The molecule has 0 saturated heterocycles. The van der Waals surface area contributed by atoms with Gasteiger partial charge in [-0.3, -0.25) is 0 Å². The van der Waals surface area contributed by atoms with E-state index in [9.17, 15) is 0 Å². The minimum atomic E-state index is 0.314. The van der Waals surface area contributed by atoms with Gasteiger partial charge in [-0.05, 0) is 49.5 Å². The van der Waals surface area contributed by atoms with Crippen molar-refractivity contribution < 1.29 is 0 Å². The number of pyridine rings is 1. The highest BCUT2D eigenvalue weighted by molar-refractivity contribution is 7.99. The van der Waals surface area contributed by atoms with E-state index in [0.717, 1.165) is 5.03 Å². The van der Waals surface area contributed by atoms with Crippen LogP contribution >= 0.6 is 11.8 Å². The molecule has 0 radical (unpaired) electrons. The van der Waals surface area contributed by atoms with Crippen molar-refractivity contribution in [3.05, 3.63) is 42.4 Å². The van der Waals surface area contributed by atoms with E-state index >= 15 is 0 Å². The SMILES string of the molecule is CNC(C)c1ccnc(Sc2ncccn2)c1. The lowest BCUT2D eigenvalue weighted by Gasteiger charge is -2.10. The third kappa shape index (κ3) is 3.25. The van der Waals surface area contributed by atoms with E-state index in [1.54, 1.807) is 18.5 Å². The molecule has 0 aliphatic carbocycles. The van der Waals surface area contributed by atoms with Crippen LogP contribution in [0.15, 0.2) is 47.0 Å². The lowest BCUT2D eigenvalue weighted by atomic mass is 10.1. The summed E-state index contributed by atoms with van der Waals surface area (Å²) < 4.78 is 0. The Morgan fingerprint density at radius 3 is 2.65 bits per heavy atom. The zero-order chi connectivity index (χ0) is 12.1. The average molecular weight is 246 g/mol. The number of hydrogen-bond acceptors (Lipinski definition) is 5. The molecule has 17 heavy (non-hydrogen) atoms. The first-order chi connectivity index (χ1) is 8.29. The van der Waals surface area contributed by atoms with Gasteiger partial charge in [0.1, 0.15) is 5.03 Å². The molecule has 0 aromatic carbocycles. The molecule has 0 saturated carbocycles. The number of hydrogen-bond donors (Lipinski definition) is 1. The molecular formula is C12H14N4S. The summed E-state index contributed by atoms with van der Waals surface area (Å²) in [5.74, 6) is 0. The molecule has 2 aromatic rings. The van der Waals surface area contributed by atoms with Gasteiger partial charge in [0.2, 0.25) is 0 Å². The van der Waals surface area contributed by atoms with Gasteiger partial charge in [0, 0.05) is 24.6 Å². The Balaban J connectivity index is 2.17. The minimum Gasteiger partial charge on any atom is -0.313 e.